The molecule has 1 N–H and O–H groups in total. The van der Waals surface area contributed by atoms with Gasteiger partial charge in [-0.2, -0.15) is 16.7 Å². The van der Waals surface area contributed by atoms with Crippen LogP contribution in [0.25, 0.3) is 0 Å². The third-order valence-electron chi connectivity index (χ3n) is 1.56. The molecule has 0 spiro atoms. The third kappa shape index (κ3) is 3.78. The van der Waals surface area contributed by atoms with Crippen molar-refractivity contribution in [3.05, 3.63) is 11.7 Å². The van der Waals surface area contributed by atoms with Crippen molar-refractivity contribution in [2.45, 2.75) is 19.9 Å². The van der Waals surface area contributed by atoms with Crippen LogP contribution in [0.15, 0.2) is 4.52 Å². The number of aromatic nitrogens is 2. The Morgan fingerprint density at radius 3 is 3.08 bits per heavy atom. The quantitative estimate of drug-likeness (QED) is 0.746. The molecule has 5 heteroatoms. The van der Waals surface area contributed by atoms with Gasteiger partial charge in [-0.1, -0.05) is 12.1 Å². The summed E-state index contributed by atoms with van der Waals surface area (Å²) in [5.74, 6) is 2.52. The first-order chi connectivity index (χ1) is 6.36. The Hall–Kier alpha value is -0.550. The van der Waals surface area contributed by atoms with Gasteiger partial charge in [-0.15, -0.1) is 0 Å². The van der Waals surface area contributed by atoms with Crippen molar-refractivity contribution >= 4 is 11.8 Å². The highest BCUT2D eigenvalue weighted by atomic mass is 32.2. The SMILES string of the molecule is CCNCc1noc(CCSC)n1. The molecule has 0 aliphatic rings. The van der Waals surface area contributed by atoms with Gasteiger partial charge in [0.05, 0.1) is 6.54 Å². The van der Waals surface area contributed by atoms with Crippen LogP contribution in [0.2, 0.25) is 0 Å². The zero-order valence-electron chi connectivity index (χ0n) is 8.04. The number of aryl methyl sites for hydroxylation is 1. The van der Waals surface area contributed by atoms with E-state index in [4.69, 9.17) is 4.52 Å². The first kappa shape index (κ1) is 10.5. The Bertz CT molecular complexity index is 217. The van der Waals surface area contributed by atoms with E-state index >= 15 is 0 Å². The van der Waals surface area contributed by atoms with Gasteiger partial charge in [0, 0.05) is 12.2 Å². The first-order valence-electron chi connectivity index (χ1n) is 4.38. The minimum atomic E-state index is 0.694. The molecular formula is C8H15N3OS. The van der Waals surface area contributed by atoms with Gasteiger partial charge >= 0.3 is 0 Å². The van der Waals surface area contributed by atoms with Crippen molar-refractivity contribution < 1.29 is 4.52 Å². The Balaban J connectivity index is 2.34. The summed E-state index contributed by atoms with van der Waals surface area (Å²) in [6.45, 7) is 3.67. The maximum absolute atomic E-state index is 5.05. The summed E-state index contributed by atoms with van der Waals surface area (Å²) in [6, 6.07) is 0. The summed E-state index contributed by atoms with van der Waals surface area (Å²) in [5.41, 5.74) is 0. The van der Waals surface area contributed by atoms with Crippen molar-refractivity contribution in [3.8, 4) is 0 Å². The molecule has 0 aromatic carbocycles. The maximum atomic E-state index is 5.05. The lowest BCUT2D eigenvalue weighted by molar-refractivity contribution is 0.376. The van der Waals surface area contributed by atoms with E-state index in [2.05, 4.69) is 28.6 Å². The van der Waals surface area contributed by atoms with E-state index in [0.717, 1.165) is 30.4 Å². The van der Waals surface area contributed by atoms with E-state index in [1.807, 2.05) is 0 Å². The van der Waals surface area contributed by atoms with Crippen LogP contribution in [0.1, 0.15) is 18.6 Å². The van der Waals surface area contributed by atoms with Crippen LogP contribution in [0.3, 0.4) is 0 Å². The van der Waals surface area contributed by atoms with Gasteiger partial charge in [0.15, 0.2) is 5.82 Å². The largest absolute Gasteiger partial charge is 0.339 e. The van der Waals surface area contributed by atoms with Crippen LogP contribution in [0.5, 0.6) is 0 Å². The molecule has 4 nitrogen and oxygen atoms in total. The zero-order chi connectivity index (χ0) is 9.52. The van der Waals surface area contributed by atoms with E-state index in [9.17, 15) is 0 Å². The molecule has 74 valence electrons. The second kappa shape index (κ2) is 5.99. The molecule has 0 unspecified atom stereocenters. The predicted octanol–water partition coefficient (Wildman–Crippen LogP) is 1.08. The standard InChI is InChI=1S/C8H15N3OS/c1-3-9-6-7-10-8(12-11-7)4-5-13-2/h9H,3-6H2,1-2H3. The van der Waals surface area contributed by atoms with Crippen LogP contribution in [0, 0.1) is 0 Å². The second-order valence-corrected chi connectivity index (χ2v) is 3.61. The Kier molecular flexibility index (Phi) is 4.85. The van der Waals surface area contributed by atoms with Crippen molar-refractivity contribution in [3.63, 3.8) is 0 Å². The third-order valence-corrected chi connectivity index (χ3v) is 2.18. The summed E-state index contributed by atoms with van der Waals surface area (Å²) in [6.07, 6.45) is 2.93. The highest BCUT2D eigenvalue weighted by Gasteiger charge is 2.04. The number of hydrogen-bond donors (Lipinski definition) is 1. The molecule has 0 saturated carbocycles. The smallest absolute Gasteiger partial charge is 0.227 e. The van der Waals surface area contributed by atoms with Crippen LogP contribution in [-0.2, 0) is 13.0 Å². The average molecular weight is 201 g/mol. The van der Waals surface area contributed by atoms with Gasteiger partial charge in [-0.05, 0) is 12.8 Å². The molecule has 0 fully saturated rings. The van der Waals surface area contributed by atoms with Crippen molar-refractivity contribution in [2.24, 2.45) is 0 Å². The fourth-order valence-electron chi connectivity index (χ4n) is 0.890. The minimum absolute atomic E-state index is 0.694. The average Bonchev–Trinajstić information content (AvgIpc) is 2.59. The molecule has 1 aromatic heterocycles. The number of nitrogens with one attached hydrogen (secondary N) is 1. The monoisotopic (exact) mass is 201 g/mol. The molecule has 0 aliphatic heterocycles. The van der Waals surface area contributed by atoms with E-state index < -0.39 is 0 Å². The number of rotatable bonds is 6. The Morgan fingerprint density at radius 1 is 1.54 bits per heavy atom. The molecule has 0 bridgehead atoms. The van der Waals surface area contributed by atoms with E-state index in [1.165, 1.54) is 0 Å². The summed E-state index contributed by atoms with van der Waals surface area (Å²) in [7, 11) is 0. The van der Waals surface area contributed by atoms with Crippen LogP contribution in [-0.4, -0.2) is 28.7 Å². The van der Waals surface area contributed by atoms with E-state index in [-0.39, 0.29) is 0 Å². The molecule has 1 heterocycles. The maximum Gasteiger partial charge on any atom is 0.227 e. The molecule has 0 aliphatic carbocycles. The second-order valence-electron chi connectivity index (χ2n) is 2.63. The highest BCUT2D eigenvalue weighted by Crippen LogP contribution is 2.02. The van der Waals surface area contributed by atoms with E-state index in [0.29, 0.717) is 6.54 Å². The normalized spacial score (nSPS) is 10.6. The molecule has 0 radical (unpaired) electrons. The first-order valence-corrected chi connectivity index (χ1v) is 5.77. The summed E-state index contributed by atoms with van der Waals surface area (Å²) in [4.78, 5) is 4.23. The molecular weight excluding hydrogens is 186 g/mol. The minimum Gasteiger partial charge on any atom is -0.339 e. The van der Waals surface area contributed by atoms with Crippen molar-refractivity contribution in [1.82, 2.24) is 15.5 Å². The summed E-state index contributed by atoms with van der Waals surface area (Å²) >= 11 is 1.78. The lowest BCUT2D eigenvalue weighted by Crippen LogP contribution is -2.12. The van der Waals surface area contributed by atoms with Gasteiger partial charge in [0.2, 0.25) is 5.89 Å². The molecule has 0 atom stereocenters. The fraction of sp³-hybridized carbons (Fsp3) is 0.750. The molecule has 0 saturated heterocycles. The van der Waals surface area contributed by atoms with Crippen molar-refractivity contribution in [1.29, 1.82) is 0 Å². The van der Waals surface area contributed by atoms with Gasteiger partial charge in [-0.3, -0.25) is 0 Å². The van der Waals surface area contributed by atoms with Crippen molar-refractivity contribution in [2.75, 3.05) is 18.6 Å². The highest BCUT2D eigenvalue weighted by molar-refractivity contribution is 7.98. The van der Waals surface area contributed by atoms with Gasteiger partial charge in [0.25, 0.3) is 0 Å². The molecule has 13 heavy (non-hydrogen) atoms. The zero-order valence-corrected chi connectivity index (χ0v) is 8.86. The number of nitrogens with zero attached hydrogens (tertiary/aromatic N) is 2. The topological polar surface area (TPSA) is 51.0 Å². The van der Waals surface area contributed by atoms with Gasteiger partial charge in [-0.25, -0.2) is 0 Å². The van der Waals surface area contributed by atoms with Crippen LogP contribution >= 0.6 is 11.8 Å². The van der Waals surface area contributed by atoms with Gasteiger partial charge in [0.1, 0.15) is 0 Å². The molecule has 0 amide bonds. The fourth-order valence-corrected chi connectivity index (χ4v) is 1.27. The Labute approximate surface area is 82.5 Å². The summed E-state index contributed by atoms with van der Waals surface area (Å²) < 4.78 is 5.05. The Morgan fingerprint density at radius 2 is 2.38 bits per heavy atom. The van der Waals surface area contributed by atoms with Crippen LogP contribution in [0.4, 0.5) is 0 Å². The number of thioether (sulfide) groups is 1. The lowest BCUT2D eigenvalue weighted by Gasteiger charge is -1.92. The predicted molar refractivity (Wildman–Crippen MR) is 53.8 cm³/mol. The molecule has 1 aromatic rings. The summed E-state index contributed by atoms with van der Waals surface area (Å²) in [5, 5.41) is 6.99. The van der Waals surface area contributed by atoms with E-state index in [1.54, 1.807) is 11.8 Å². The van der Waals surface area contributed by atoms with Gasteiger partial charge < -0.3 is 9.84 Å². The van der Waals surface area contributed by atoms with Crippen LogP contribution < -0.4 is 5.32 Å². The number of hydrogen-bond acceptors (Lipinski definition) is 5. The molecule has 1 rings (SSSR count). The lowest BCUT2D eigenvalue weighted by atomic mass is 10.5.